The SMILES string of the molecule is CC(C)(C)OC(=O)NC(CN1CCN(c2ccccc2)CC1)c1ccccc1. The van der Waals surface area contributed by atoms with E-state index in [4.69, 9.17) is 4.74 Å². The van der Waals surface area contributed by atoms with E-state index < -0.39 is 5.60 Å². The van der Waals surface area contributed by atoms with Crippen LogP contribution in [0.3, 0.4) is 0 Å². The van der Waals surface area contributed by atoms with Gasteiger partial charge in [0, 0.05) is 38.4 Å². The van der Waals surface area contributed by atoms with E-state index in [1.807, 2.05) is 45.0 Å². The molecule has 1 fully saturated rings. The molecule has 3 rings (SSSR count). The van der Waals surface area contributed by atoms with Gasteiger partial charge in [-0.1, -0.05) is 48.5 Å². The number of benzene rings is 2. The van der Waals surface area contributed by atoms with Gasteiger partial charge in [-0.25, -0.2) is 4.79 Å². The fraction of sp³-hybridized carbons (Fsp3) is 0.435. The van der Waals surface area contributed by atoms with Crippen LogP contribution in [0.1, 0.15) is 32.4 Å². The molecule has 0 saturated carbocycles. The maximum absolute atomic E-state index is 12.4. The highest BCUT2D eigenvalue weighted by Gasteiger charge is 2.24. The van der Waals surface area contributed by atoms with Crippen molar-refractivity contribution in [3.63, 3.8) is 0 Å². The largest absolute Gasteiger partial charge is 0.444 e. The zero-order chi connectivity index (χ0) is 20.0. The van der Waals surface area contributed by atoms with Crippen molar-refractivity contribution in [1.82, 2.24) is 10.2 Å². The molecule has 0 aromatic heterocycles. The summed E-state index contributed by atoms with van der Waals surface area (Å²) < 4.78 is 5.48. The molecule has 1 aliphatic heterocycles. The third-order valence-corrected chi connectivity index (χ3v) is 4.83. The predicted octanol–water partition coefficient (Wildman–Crippen LogP) is 4.07. The molecule has 0 bridgehead atoms. The van der Waals surface area contributed by atoms with Crippen LogP contribution in [0.5, 0.6) is 0 Å². The summed E-state index contributed by atoms with van der Waals surface area (Å²) in [5, 5.41) is 3.06. The molecule has 1 aliphatic rings. The van der Waals surface area contributed by atoms with E-state index in [0.717, 1.165) is 38.3 Å². The van der Waals surface area contributed by atoms with E-state index in [0.29, 0.717) is 0 Å². The van der Waals surface area contributed by atoms with E-state index in [1.165, 1.54) is 5.69 Å². The summed E-state index contributed by atoms with van der Waals surface area (Å²) in [6.07, 6.45) is -0.371. The molecule has 0 aliphatic carbocycles. The second kappa shape index (κ2) is 9.11. The van der Waals surface area contributed by atoms with Crippen LogP contribution < -0.4 is 10.2 Å². The van der Waals surface area contributed by atoms with Crippen molar-refractivity contribution in [2.75, 3.05) is 37.6 Å². The second-order valence-electron chi connectivity index (χ2n) is 8.23. The number of hydrogen-bond acceptors (Lipinski definition) is 4. The monoisotopic (exact) mass is 381 g/mol. The number of hydrogen-bond donors (Lipinski definition) is 1. The Morgan fingerprint density at radius 2 is 1.54 bits per heavy atom. The molecule has 1 unspecified atom stereocenters. The maximum atomic E-state index is 12.4. The van der Waals surface area contributed by atoms with Crippen LogP contribution in [-0.2, 0) is 4.74 Å². The van der Waals surface area contributed by atoms with Crippen LogP contribution in [-0.4, -0.2) is 49.3 Å². The first-order valence-corrected chi connectivity index (χ1v) is 9.97. The quantitative estimate of drug-likeness (QED) is 0.848. The first-order valence-electron chi connectivity index (χ1n) is 9.97. The Morgan fingerprint density at radius 3 is 2.11 bits per heavy atom. The zero-order valence-corrected chi connectivity index (χ0v) is 17.1. The highest BCUT2D eigenvalue weighted by molar-refractivity contribution is 5.68. The van der Waals surface area contributed by atoms with Crippen molar-refractivity contribution >= 4 is 11.8 Å². The Morgan fingerprint density at radius 1 is 0.964 bits per heavy atom. The molecule has 0 radical (unpaired) electrons. The molecule has 28 heavy (non-hydrogen) atoms. The molecular weight excluding hydrogens is 350 g/mol. The third kappa shape index (κ3) is 5.99. The minimum absolute atomic E-state index is 0.0978. The molecule has 0 spiro atoms. The van der Waals surface area contributed by atoms with E-state index in [-0.39, 0.29) is 12.1 Å². The molecule has 5 heteroatoms. The molecule has 2 aromatic rings. The molecular formula is C23H31N3O2. The average molecular weight is 382 g/mol. The number of anilines is 1. The highest BCUT2D eigenvalue weighted by atomic mass is 16.6. The van der Waals surface area contributed by atoms with Gasteiger partial charge in [-0.3, -0.25) is 4.90 Å². The summed E-state index contributed by atoms with van der Waals surface area (Å²) in [5.74, 6) is 0. The second-order valence-corrected chi connectivity index (χ2v) is 8.23. The van der Waals surface area contributed by atoms with Crippen molar-refractivity contribution in [3.05, 3.63) is 66.2 Å². The Bertz CT molecular complexity index is 735. The smallest absolute Gasteiger partial charge is 0.408 e. The molecule has 150 valence electrons. The molecule has 5 nitrogen and oxygen atoms in total. The van der Waals surface area contributed by atoms with E-state index in [1.54, 1.807) is 0 Å². The Balaban J connectivity index is 1.61. The number of para-hydroxylation sites is 1. The number of amides is 1. The Hall–Kier alpha value is -2.53. The van der Waals surface area contributed by atoms with Gasteiger partial charge in [0.2, 0.25) is 0 Å². The van der Waals surface area contributed by atoms with Gasteiger partial charge in [0.1, 0.15) is 5.60 Å². The predicted molar refractivity (Wildman–Crippen MR) is 114 cm³/mol. The number of nitrogens with one attached hydrogen (secondary N) is 1. The molecule has 1 N–H and O–H groups in total. The number of nitrogens with zero attached hydrogens (tertiary/aromatic N) is 2. The number of ether oxygens (including phenoxy) is 1. The van der Waals surface area contributed by atoms with E-state index in [9.17, 15) is 4.79 Å². The first-order chi connectivity index (χ1) is 13.4. The molecule has 1 atom stereocenters. The summed E-state index contributed by atoms with van der Waals surface area (Å²) in [5.41, 5.74) is 1.86. The minimum atomic E-state index is -0.507. The van der Waals surface area contributed by atoms with Gasteiger partial charge in [0.05, 0.1) is 6.04 Å². The van der Waals surface area contributed by atoms with Crippen molar-refractivity contribution < 1.29 is 9.53 Å². The lowest BCUT2D eigenvalue weighted by Crippen LogP contribution is -2.49. The summed E-state index contributed by atoms with van der Waals surface area (Å²) in [7, 11) is 0. The number of piperazine rings is 1. The summed E-state index contributed by atoms with van der Waals surface area (Å²) in [4.78, 5) is 17.2. The van der Waals surface area contributed by atoms with Gasteiger partial charge in [-0.15, -0.1) is 0 Å². The van der Waals surface area contributed by atoms with Crippen molar-refractivity contribution in [3.8, 4) is 0 Å². The van der Waals surface area contributed by atoms with Crippen LogP contribution in [0.25, 0.3) is 0 Å². The van der Waals surface area contributed by atoms with Crippen molar-refractivity contribution in [1.29, 1.82) is 0 Å². The number of carbonyl (C=O) groups is 1. The van der Waals surface area contributed by atoms with Gasteiger partial charge in [-0.2, -0.15) is 0 Å². The lowest BCUT2D eigenvalue weighted by atomic mass is 10.1. The first kappa shape index (κ1) is 20.2. The fourth-order valence-electron chi connectivity index (χ4n) is 3.46. The topological polar surface area (TPSA) is 44.8 Å². The van der Waals surface area contributed by atoms with E-state index in [2.05, 4.69) is 51.5 Å². The maximum Gasteiger partial charge on any atom is 0.408 e. The van der Waals surface area contributed by atoms with Crippen LogP contribution >= 0.6 is 0 Å². The number of carbonyl (C=O) groups excluding carboxylic acids is 1. The van der Waals surface area contributed by atoms with Crippen LogP contribution in [0.2, 0.25) is 0 Å². The van der Waals surface area contributed by atoms with Crippen LogP contribution in [0, 0.1) is 0 Å². The normalized spacial score (nSPS) is 16.5. The van der Waals surface area contributed by atoms with Gasteiger partial charge in [0.25, 0.3) is 0 Å². The molecule has 2 aromatic carbocycles. The third-order valence-electron chi connectivity index (χ3n) is 4.83. The van der Waals surface area contributed by atoms with Crippen LogP contribution in [0.4, 0.5) is 10.5 Å². The fourth-order valence-corrected chi connectivity index (χ4v) is 3.46. The van der Waals surface area contributed by atoms with E-state index >= 15 is 0 Å². The average Bonchev–Trinajstić information content (AvgIpc) is 2.68. The summed E-state index contributed by atoms with van der Waals surface area (Å²) in [6, 6.07) is 20.6. The summed E-state index contributed by atoms with van der Waals surface area (Å²) in [6.45, 7) is 10.3. The van der Waals surface area contributed by atoms with Crippen LogP contribution in [0.15, 0.2) is 60.7 Å². The molecule has 1 amide bonds. The van der Waals surface area contributed by atoms with Gasteiger partial charge in [-0.05, 0) is 38.5 Å². The molecule has 1 saturated heterocycles. The molecule has 1 heterocycles. The zero-order valence-electron chi connectivity index (χ0n) is 17.1. The lowest BCUT2D eigenvalue weighted by Gasteiger charge is -2.38. The highest BCUT2D eigenvalue weighted by Crippen LogP contribution is 2.19. The van der Waals surface area contributed by atoms with Crippen molar-refractivity contribution in [2.24, 2.45) is 0 Å². The summed E-state index contributed by atoms with van der Waals surface area (Å²) >= 11 is 0. The van der Waals surface area contributed by atoms with Gasteiger partial charge >= 0.3 is 6.09 Å². The number of rotatable bonds is 5. The van der Waals surface area contributed by atoms with Crippen molar-refractivity contribution in [2.45, 2.75) is 32.4 Å². The Kier molecular flexibility index (Phi) is 6.57. The minimum Gasteiger partial charge on any atom is -0.444 e. The lowest BCUT2D eigenvalue weighted by molar-refractivity contribution is 0.0489. The van der Waals surface area contributed by atoms with Gasteiger partial charge < -0.3 is 15.0 Å². The Labute approximate surface area is 168 Å². The number of alkyl carbamates (subject to hydrolysis) is 1. The van der Waals surface area contributed by atoms with Gasteiger partial charge in [0.15, 0.2) is 0 Å². The standard InChI is InChI=1S/C23H31N3O2/c1-23(2,3)28-22(27)24-21(19-10-6-4-7-11-19)18-25-14-16-26(17-15-25)20-12-8-5-9-13-20/h4-13,21H,14-18H2,1-3H3,(H,24,27).